The quantitative estimate of drug-likeness (QED) is 0.255. The Labute approximate surface area is 179 Å². The molecule has 1 heterocycles. The zero-order valence-corrected chi connectivity index (χ0v) is 19.6. The standard InChI is InChI=1S/C19H16N2O3.2Re/c1-21(2)19(23)18(22)14-11-20-15-9-6-10-16(17(14)15)24-12-13-7-4-3-5-8-13;;/h4-12,20H,1-2H3;;/q-2;;. The van der Waals surface area contributed by atoms with Gasteiger partial charge in [0.05, 0.1) is 10.9 Å². The molecular formula is C19H16N2O3Re2-2. The number of amides is 1. The number of carbonyl (C=O) groups excluding carboxylic acids is 2. The molecule has 3 rings (SSSR count). The molecule has 2 aromatic carbocycles. The second kappa shape index (κ2) is 9.71. The summed E-state index contributed by atoms with van der Waals surface area (Å²) in [6.45, 7) is 1.59. The number of nitrogens with zero attached hydrogens (tertiary/aromatic N) is 1. The fraction of sp³-hybridized carbons (Fsp3) is 0.105. The van der Waals surface area contributed by atoms with E-state index in [1.165, 1.54) is 4.90 Å². The van der Waals surface area contributed by atoms with Crippen LogP contribution in [0.15, 0.2) is 48.7 Å². The number of carbonyl (C=O) groups is 2. The number of fused-ring (bicyclic) bond motifs is 1. The van der Waals surface area contributed by atoms with Crippen LogP contribution in [0.25, 0.3) is 10.9 Å². The third-order valence-corrected chi connectivity index (χ3v) is 3.58. The van der Waals surface area contributed by atoms with Crippen LogP contribution in [0.5, 0.6) is 5.75 Å². The summed E-state index contributed by atoms with van der Waals surface area (Å²) >= 11 is 0. The number of hydrogen-bond acceptors (Lipinski definition) is 3. The summed E-state index contributed by atoms with van der Waals surface area (Å²) in [6, 6.07) is 15.6. The number of ketones is 1. The molecule has 26 heavy (non-hydrogen) atoms. The third-order valence-electron chi connectivity index (χ3n) is 3.58. The van der Waals surface area contributed by atoms with E-state index in [9.17, 15) is 9.59 Å². The number of H-pyrrole nitrogens is 1. The van der Waals surface area contributed by atoms with Crippen LogP contribution >= 0.6 is 0 Å². The van der Waals surface area contributed by atoms with Gasteiger partial charge in [-0.1, -0.05) is 6.07 Å². The van der Waals surface area contributed by atoms with Gasteiger partial charge in [-0.15, -0.1) is 0 Å². The molecule has 0 aliphatic heterocycles. The van der Waals surface area contributed by atoms with E-state index in [4.69, 9.17) is 4.74 Å². The Kier molecular flexibility index (Phi) is 8.28. The first-order chi connectivity index (χ1) is 11.6. The second-order valence-electron chi connectivity index (χ2n) is 5.48. The molecule has 0 fully saturated rings. The van der Waals surface area contributed by atoms with Crippen molar-refractivity contribution in [1.29, 1.82) is 0 Å². The summed E-state index contributed by atoms with van der Waals surface area (Å²) in [4.78, 5) is 28.7. The van der Waals surface area contributed by atoms with Crippen molar-refractivity contribution in [3.8, 4) is 5.75 Å². The van der Waals surface area contributed by atoms with Gasteiger partial charge >= 0.3 is 0 Å². The van der Waals surface area contributed by atoms with Crippen molar-refractivity contribution < 1.29 is 55.2 Å². The molecule has 136 valence electrons. The van der Waals surface area contributed by atoms with Crippen LogP contribution < -0.4 is 4.74 Å². The van der Waals surface area contributed by atoms with E-state index < -0.39 is 11.7 Å². The van der Waals surface area contributed by atoms with Crippen molar-refractivity contribution in [3.05, 3.63) is 72.5 Å². The molecule has 0 aliphatic carbocycles. The number of hydrogen-bond donors (Lipinski definition) is 1. The summed E-state index contributed by atoms with van der Waals surface area (Å²) in [6.07, 6.45) is 1.54. The molecule has 0 saturated carbocycles. The van der Waals surface area contributed by atoms with Gasteiger partial charge in [-0.2, -0.15) is 35.9 Å². The maximum atomic E-state index is 12.4. The second-order valence-corrected chi connectivity index (χ2v) is 5.48. The smallest absolute Gasteiger partial charge is 0.294 e. The van der Waals surface area contributed by atoms with Gasteiger partial charge in [0.25, 0.3) is 11.7 Å². The van der Waals surface area contributed by atoms with Crippen LogP contribution in [0.3, 0.4) is 0 Å². The molecule has 0 aliphatic rings. The van der Waals surface area contributed by atoms with Gasteiger partial charge in [0, 0.05) is 66.7 Å². The Balaban J connectivity index is 0.00000169. The number of Topliss-reactive ketones (excluding diaryl/α,β-unsaturated/α-hetero) is 1. The van der Waals surface area contributed by atoms with E-state index in [0.29, 0.717) is 16.7 Å². The van der Waals surface area contributed by atoms with Gasteiger partial charge in [-0.05, 0) is 18.7 Å². The Morgan fingerprint density at radius 1 is 1.12 bits per heavy atom. The Bertz CT molecular complexity index is 892. The SMILES string of the molecule is CN(C)C(=O)C(=O)c1c[nH]c2cccc(O[CH-]c3cc[c-]cc3)c12.[Re].[Re]. The van der Waals surface area contributed by atoms with Gasteiger partial charge in [0.15, 0.2) is 0 Å². The third kappa shape index (κ3) is 4.64. The molecule has 0 unspecified atom stereocenters. The molecule has 1 amide bonds. The van der Waals surface area contributed by atoms with Gasteiger partial charge in [-0.25, -0.2) is 0 Å². The van der Waals surface area contributed by atoms with Crippen LogP contribution in [0.1, 0.15) is 15.9 Å². The van der Waals surface area contributed by atoms with Crippen molar-refractivity contribution in [2.45, 2.75) is 0 Å². The van der Waals surface area contributed by atoms with Crippen LogP contribution in [0.4, 0.5) is 0 Å². The summed E-state index contributed by atoms with van der Waals surface area (Å²) in [5.41, 5.74) is 1.91. The summed E-state index contributed by atoms with van der Waals surface area (Å²) < 4.78 is 5.76. The molecule has 5 nitrogen and oxygen atoms in total. The van der Waals surface area contributed by atoms with Gasteiger partial charge in [0.2, 0.25) is 0 Å². The predicted molar refractivity (Wildman–Crippen MR) is 90.6 cm³/mol. The van der Waals surface area contributed by atoms with E-state index in [0.717, 1.165) is 11.1 Å². The van der Waals surface area contributed by atoms with Crippen molar-refractivity contribution >= 4 is 22.6 Å². The van der Waals surface area contributed by atoms with Crippen LogP contribution in [-0.4, -0.2) is 35.7 Å². The number of aromatic nitrogens is 1. The van der Waals surface area contributed by atoms with Gasteiger partial charge in [0.1, 0.15) is 5.75 Å². The number of aromatic amines is 1. The normalized spacial score (nSPS) is 9.62. The number of nitrogens with one attached hydrogen (secondary N) is 1. The summed E-state index contributed by atoms with van der Waals surface area (Å²) in [5.74, 6) is -0.638. The fourth-order valence-corrected chi connectivity index (χ4v) is 2.36. The molecular weight excluding hydrogens is 677 g/mol. The maximum absolute atomic E-state index is 12.4. The first-order valence-corrected chi connectivity index (χ1v) is 7.40. The minimum Gasteiger partial charge on any atom is -0.523 e. The average molecular weight is 693 g/mol. The zero-order valence-electron chi connectivity index (χ0n) is 14.1. The van der Waals surface area contributed by atoms with Crippen molar-refractivity contribution in [2.24, 2.45) is 0 Å². The number of ether oxygens (including phenoxy) is 1. The molecule has 1 aromatic heterocycles. The van der Waals surface area contributed by atoms with Gasteiger partial charge in [-0.3, -0.25) is 9.59 Å². The van der Waals surface area contributed by atoms with E-state index >= 15 is 0 Å². The van der Waals surface area contributed by atoms with Gasteiger partial charge < -0.3 is 14.6 Å². The molecule has 0 spiro atoms. The Hall–Kier alpha value is -1.89. The molecule has 3 aromatic rings. The van der Waals surface area contributed by atoms with E-state index in [1.807, 2.05) is 24.3 Å². The molecule has 2 radical (unpaired) electrons. The average Bonchev–Trinajstić information content (AvgIpc) is 3.04. The van der Waals surface area contributed by atoms with E-state index in [-0.39, 0.29) is 40.8 Å². The first kappa shape index (κ1) is 22.2. The number of benzene rings is 2. The fourth-order valence-electron chi connectivity index (χ4n) is 2.36. The molecule has 0 saturated heterocycles. The van der Waals surface area contributed by atoms with Crippen molar-refractivity contribution in [2.75, 3.05) is 14.1 Å². The van der Waals surface area contributed by atoms with E-state index in [1.54, 1.807) is 45.1 Å². The zero-order chi connectivity index (χ0) is 17.1. The maximum Gasteiger partial charge on any atom is 0.294 e. The first-order valence-electron chi connectivity index (χ1n) is 7.40. The number of likely N-dealkylation sites (N-methyl/N-ethyl adjacent to an activating group) is 1. The summed E-state index contributed by atoms with van der Waals surface area (Å²) in [7, 11) is 3.10. The predicted octanol–water partition coefficient (Wildman–Crippen LogP) is 2.82. The largest absolute Gasteiger partial charge is 0.523 e. The van der Waals surface area contributed by atoms with E-state index in [2.05, 4.69) is 11.1 Å². The molecule has 0 bridgehead atoms. The topological polar surface area (TPSA) is 62.4 Å². The van der Waals surface area contributed by atoms with Crippen molar-refractivity contribution in [3.63, 3.8) is 0 Å². The minimum absolute atomic E-state index is 0. The Morgan fingerprint density at radius 3 is 2.46 bits per heavy atom. The summed E-state index contributed by atoms with van der Waals surface area (Å²) in [5, 5.41) is 0.594. The molecule has 1 N–H and O–H groups in total. The minimum atomic E-state index is -0.576. The van der Waals surface area contributed by atoms with Crippen LogP contribution in [0, 0.1) is 12.7 Å². The molecule has 0 atom stereocenters. The van der Waals surface area contributed by atoms with Crippen molar-refractivity contribution in [1.82, 2.24) is 9.88 Å². The monoisotopic (exact) mass is 694 g/mol. The molecule has 7 heteroatoms. The van der Waals surface area contributed by atoms with Crippen LogP contribution in [-0.2, 0) is 45.6 Å². The Morgan fingerprint density at radius 2 is 1.81 bits per heavy atom. The van der Waals surface area contributed by atoms with Crippen LogP contribution in [0.2, 0.25) is 0 Å². The number of rotatable bonds is 5.